The Morgan fingerprint density at radius 2 is 2.20 bits per heavy atom. The van der Waals surface area contributed by atoms with Crippen LogP contribution in [-0.2, 0) is 19.4 Å². The highest BCUT2D eigenvalue weighted by Gasteiger charge is 2.11. The van der Waals surface area contributed by atoms with Crippen LogP contribution in [-0.4, -0.2) is 30.8 Å². The number of amides is 1. The number of carbonyl (C=O) groups excluding carboxylic acids is 1. The van der Waals surface area contributed by atoms with E-state index in [1.54, 1.807) is 10.9 Å². The van der Waals surface area contributed by atoms with Gasteiger partial charge in [0.05, 0.1) is 18.2 Å². The first-order valence-electron chi connectivity index (χ1n) is 7.88. The second kappa shape index (κ2) is 6.23. The number of hydrogen-bond donors (Lipinski definition) is 2. The molecule has 3 N–H and O–H groups in total. The van der Waals surface area contributed by atoms with Crippen LogP contribution in [0.5, 0.6) is 0 Å². The van der Waals surface area contributed by atoms with Crippen molar-refractivity contribution in [2.75, 3.05) is 0 Å². The molecule has 0 aliphatic heterocycles. The minimum absolute atomic E-state index is 0.383. The van der Waals surface area contributed by atoms with Gasteiger partial charge in [-0.3, -0.25) is 9.48 Å². The molecule has 0 spiro atoms. The van der Waals surface area contributed by atoms with Crippen molar-refractivity contribution in [2.45, 2.75) is 19.4 Å². The molecule has 0 bridgehead atoms. The molecule has 0 aliphatic carbocycles. The lowest BCUT2D eigenvalue weighted by Crippen LogP contribution is -2.10. The monoisotopic (exact) mass is 336 g/mol. The molecule has 0 aliphatic rings. The molecule has 3 heterocycles. The highest BCUT2D eigenvalue weighted by Crippen LogP contribution is 2.20. The molecule has 1 aromatic carbocycles. The Bertz CT molecular complexity index is 1030. The Balaban J connectivity index is 1.42. The average Bonchev–Trinajstić information content (AvgIpc) is 3.33. The molecule has 1 amide bonds. The van der Waals surface area contributed by atoms with Crippen molar-refractivity contribution < 1.29 is 9.32 Å². The Labute approximate surface area is 142 Å². The van der Waals surface area contributed by atoms with Crippen molar-refractivity contribution in [1.82, 2.24) is 24.9 Å². The number of aromatic amines is 1. The number of aryl methyl sites for hydroxylation is 2. The van der Waals surface area contributed by atoms with Crippen LogP contribution in [0, 0.1) is 0 Å². The van der Waals surface area contributed by atoms with E-state index in [0.717, 1.165) is 16.5 Å². The number of nitrogens with zero attached hydrogens (tertiary/aromatic N) is 4. The van der Waals surface area contributed by atoms with Gasteiger partial charge in [0.2, 0.25) is 5.89 Å². The Morgan fingerprint density at radius 1 is 1.32 bits per heavy atom. The fourth-order valence-corrected chi connectivity index (χ4v) is 2.73. The Hall–Kier alpha value is -3.42. The fraction of sp³-hybridized carbons (Fsp3) is 0.176. The minimum atomic E-state index is -0.494. The Kier molecular flexibility index (Phi) is 3.77. The lowest BCUT2D eigenvalue weighted by atomic mass is 10.1. The van der Waals surface area contributed by atoms with Gasteiger partial charge in [0.1, 0.15) is 0 Å². The van der Waals surface area contributed by atoms with Gasteiger partial charge in [-0.2, -0.15) is 10.1 Å². The molecule has 0 saturated heterocycles. The molecule has 25 heavy (non-hydrogen) atoms. The van der Waals surface area contributed by atoms with Crippen LogP contribution in [0.1, 0.15) is 27.6 Å². The summed E-state index contributed by atoms with van der Waals surface area (Å²) in [5.74, 6) is 0.677. The molecule has 0 saturated carbocycles. The van der Waals surface area contributed by atoms with E-state index in [1.165, 1.54) is 6.20 Å². The van der Waals surface area contributed by atoms with Crippen LogP contribution in [0.25, 0.3) is 10.9 Å². The van der Waals surface area contributed by atoms with Gasteiger partial charge in [-0.15, -0.1) is 0 Å². The predicted octanol–water partition coefficient (Wildman–Crippen LogP) is 1.68. The minimum Gasteiger partial charge on any atom is -0.366 e. The summed E-state index contributed by atoms with van der Waals surface area (Å²) in [4.78, 5) is 18.7. The molecule has 4 rings (SSSR count). The van der Waals surface area contributed by atoms with Crippen LogP contribution < -0.4 is 5.73 Å². The smallest absolute Gasteiger partial charge is 0.251 e. The fourth-order valence-electron chi connectivity index (χ4n) is 2.73. The zero-order valence-corrected chi connectivity index (χ0v) is 13.3. The predicted molar refractivity (Wildman–Crippen MR) is 89.9 cm³/mol. The first kappa shape index (κ1) is 15.1. The van der Waals surface area contributed by atoms with Gasteiger partial charge >= 0.3 is 0 Å². The number of primary amides is 1. The molecule has 3 aromatic heterocycles. The van der Waals surface area contributed by atoms with Crippen LogP contribution in [0.2, 0.25) is 0 Å². The largest absolute Gasteiger partial charge is 0.366 e. The highest BCUT2D eigenvalue weighted by atomic mass is 16.5. The molecule has 0 atom stereocenters. The quantitative estimate of drug-likeness (QED) is 0.556. The maximum atomic E-state index is 11.1. The summed E-state index contributed by atoms with van der Waals surface area (Å²) in [6.45, 7) is 0.541. The van der Waals surface area contributed by atoms with Crippen molar-refractivity contribution in [3.63, 3.8) is 0 Å². The number of nitrogens with one attached hydrogen (secondary N) is 1. The van der Waals surface area contributed by atoms with Gasteiger partial charge in [-0.1, -0.05) is 23.4 Å². The van der Waals surface area contributed by atoms with Crippen LogP contribution in [0.15, 0.2) is 47.4 Å². The number of H-pyrrole nitrogens is 1. The lowest BCUT2D eigenvalue weighted by Gasteiger charge is -1.96. The van der Waals surface area contributed by atoms with Gasteiger partial charge in [0.15, 0.2) is 5.82 Å². The molecule has 126 valence electrons. The zero-order valence-electron chi connectivity index (χ0n) is 13.3. The number of para-hydroxylation sites is 1. The third-order valence-electron chi connectivity index (χ3n) is 4.01. The summed E-state index contributed by atoms with van der Waals surface area (Å²) in [5.41, 5.74) is 7.79. The normalized spacial score (nSPS) is 11.2. The zero-order chi connectivity index (χ0) is 17.2. The Morgan fingerprint density at radius 3 is 3.04 bits per heavy atom. The van der Waals surface area contributed by atoms with E-state index in [2.05, 4.69) is 26.3 Å². The molecule has 0 radical (unpaired) electrons. The SMILES string of the molecule is NC(=O)c1cnn(CCc2noc(Cc3c[nH]c4ccccc34)n2)c1. The standard InChI is InChI=1S/C17H16N6O2/c18-17(24)12-9-20-23(10-12)6-5-15-21-16(25-22-15)7-11-8-19-14-4-2-1-3-13(11)14/h1-4,8-10,19H,5-7H2,(H2,18,24). The summed E-state index contributed by atoms with van der Waals surface area (Å²) in [7, 11) is 0. The van der Waals surface area contributed by atoms with Gasteiger partial charge in [-0.25, -0.2) is 0 Å². The molecule has 0 unspecified atom stereocenters. The summed E-state index contributed by atoms with van der Waals surface area (Å²) in [6, 6.07) is 8.09. The summed E-state index contributed by atoms with van der Waals surface area (Å²) < 4.78 is 6.97. The van der Waals surface area contributed by atoms with Crippen LogP contribution in [0.3, 0.4) is 0 Å². The van der Waals surface area contributed by atoms with E-state index in [0.29, 0.717) is 36.7 Å². The lowest BCUT2D eigenvalue weighted by molar-refractivity contribution is 0.1000. The molecule has 8 heteroatoms. The first-order chi connectivity index (χ1) is 12.2. The topological polar surface area (TPSA) is 116 Å². The van der Waals surface area contributed by atoms with E-state index in [-0.39, 0.29) is 0 Å². The summed E-state index contributed by atoms with van der Waals surface area (Å²) >= 11 is 0. The third-order valence-corrected chi connectivity index (χ3v) is 4.01. The van der Waals surface area contributed by atoms with Gasteiger partial charge in [0, 0.05) is 36.3 Å². The molecular weight excluding hydrogens is 320 g/mol. The number of benzene rings is 1. The van der Waals surface area contributed by atoms with Crippen molar-refractivity contribution in [1.29, 1.82) is 0 Å². The van der Waals surface area contributed by atoms with E-state index in [9.17, 15) is 4.79 Å². The highest BCUT2D eigenvalue weighted by molar-refractivity contribution is 5.92. The number of fused-ring (bicyclic) bond motifs is 1. The van der Waals surface area contributed by atoms with E-state index >= 15 is 0 Å². The van der Waals surface area contributed by atoms with Crippen LogP contribution >= 0.6 is 0 Å². The maximum absolute atomic E-state index is 11.1. The second-order valence-corrected chi connectivity index (χ2v) is 5.75. The van der Waals surface area contributed by atoms with Gasteiger partial charge in [0.25, 0.3) is 5.91 Å². The molecule has 4 aromatic rings. The third kappa shape index (κ3) is 3.14. The summed E-state index contributed by atoms with van der Waals surface area (Å²) in [6.07, 6.45) is 6.14. The van der Waals surface area contributed by atoms with Crippen molar-refractivity contribution in [2.24, 2.45) is 5.73 Å². The number of aromatic nitrogens is 5. The van der Waals surface area contributed by atoms with Crippen molar-refractivity contribution >= 4 is 16.8 Å². The number of rotatable bonds is 6. The van der Waals surface area contributed by atoms with Crippen molar-refractivity contribution in [3.05, 3.63) is 65.7 Å². The van der Waals surface area contributed by atoms with Crippen molar-refractivity contribution in [3.8, 4) is 0 Å². The molecular formula is C17H16N6O2. The van der Waals surface area contributed by atoms with Crippen LogP contribution in [0.4, 0.5) is 0 Å². The van der Waals surface area contributed by atoms with Gasteiger partial charge in [-0.05, 0) is 11.6 Å². The van der Waals surface area contributed by atoms with Gasteiger partial charge < -0.3 is 15.2 Å². The molecule has 0 fully saturated rings. The number of nitrogens with two attached hydrogens (primary N) is 1. The first-order valence-corrected chi connectivity index (χ1v) is 7.88. The average molecular weight is 336 g/mol. The maximum Gasteiger partial charge on any atom is 0.251 e. The van der Waals surface area contributed by atoms with E-state index in [4.69, 9.17) is 10.3 Å². The molecule has 8 nitrogen and oxygen atoms in total. The number of hydrogen-bond acceptors (Lipinski definition) is 5. The number of carbonyl (C=O) groups is 1. The van der Waals surface area contributed by atoms with E-state index < -0.39 is 5.91 Å². The second-order valence-electron chi connectivity index (χ2n) is 5.75. The summed E-state index contributed by atoms with van der Waals surface area (Å²) in [5, 5.41) is 9.24. The van der Waals surface area contributed by atoms with E-state index in [1.807, 2.05) is 24.4 Å².